The summed E-state index contributed by atoms with van der Waals surface area (Å²) in [7, 11) is 0. The summed E-state index contributed by atoms with van der Waals surface area (Å²) in [6, 6.07) is 4.52. The van der Waals surface area contributed by atoms with Gasteiger partial charge >= 0.3 is 6.09 Å². The molecule has 0 bridgehead atoms. The number of nitriles is 1. The molecule has 1 N–H and O–H groups in total. The molecule has 3 rings (SSSR count). The van der Waals surface area contributed by atoms with Gasteiger partial charge in [-0.3, -0.25) is 4.79 Å². The van der Waals surface area contributed by atoms with Crippen LogP contribution >= 0.6 is 0 Å². The lowest BCUT2D eigenvalue weighted by atomic mass is 9.73. The fourth-order valence-corrected chi connectivity index (χ4v) is 4.11. The molecule has 2 aliphatic rings. The minimum atomic E-state index is -1.11. The van der Waals surface area contributed by atoms with E-state index in [4.69, 9.17) is 14.7 Å². The van der Waals surface area contributed by atoms with Gasteiger partial charge < -0.3 is 24.4 Å². The van der Waals surface area contributed by atoms with Gasteiger partial charge in [-0.05, 0) is 33.6 Å². The van der Waals surface area contributed by atoms with Gasteiger partial charge in [0.2, 0.25) is 5.91 Å². The number of piperidine rings is 1. The lowest BCUT2D eigenvalue weighted by molar-refractivity contribution is -0.125. The molecule has 1 saturated heterocycles. The van der Waals surface area contributed by atoms with Crippen molar-refractivity contribution in [2.75, 3.05) is 37.7 Å². The second-order valence-electron chi connectivity index (χ2n) is 8.48. The van der Waals surface area contributed by atoms with Crippen LogP contribution in [-0.2, 0) is 14.9 Å². The Labute approximate surface area is 174 Å². The smallest absolute Gasteiger partial charge is 0.410 e. The first-order valence-corrected chi connectivity index (χ1v) is 9.87. The molecular weight excluding hydrogens is 393 g/mol. The first-order chi connectivity index (χ1) is 14.1. The molecule has 0 aromatic heterocycles. The molecule has 1 aromatic rings. The quantitative estimate of drug-likeness (QED) is 0.804. The number of ether oxygens (including phenoxy) is 2. The summed E-state index contributed by atoms with van der Waals surface area (Å²) >= 11 is 0. The topological polar surface area (TPSA) is 103 Å². The third-order valence-electron chi connectivity index (χ3n) is 5.36. The number of aliphatic hydroxyl groups is 1. The van der Waals surface area contributed by atoms with E-state index >= 15 is 4.39 Å². The summed E-state index contributed by atoms with van der Waals surface area (Å²) in [5.41, 5.74) is -1.14. The number of fused-ring (bicyclic) bond motifs is 2. The summed E-state index contributed by atoms with van der Waals surface area (Å²) in [6.45, 7) is 5.32. The van der Waals surface area contributed by atoms with E-state index in [1.54, 1.807) is 20.8 Å². The Bertz CT molecular complexity index is 882. The standard InChI is InChI=1S/C21H26FN3O5/c1-20(2,3)30-19(28)24-7-4-21(5-8-24)17-15(22)12-14(29-11-6-23)13-16(17)25(9-10-26)18(21)27/h12-13,26H,4-5,7-11H2,1-3H3. The van der Waals surface area contributed by atoms with Gasteiger partial charge in [0.25, 0.3) is 0 Å². The molecule has 8 nitrogen and oxygen atoms in total. The van der Waals surface area contributed by atoms with Crippen LogP contribution in [-0.4, -0.2) is 60.5 Å². The third-order valence-corrected chi connectivity index (χ3v) is 5.36. The molecule has 2 heterocycles. The Morgan fingerprint density at radius 2 is 2.00 bits per heavy atom. The minimum Gasteiger partial charge on any atom is -0.479 e. The van der Waals surface area contributed by atoms with Crippen LogP contribution in [0.25, 0.3) is 0 Å². The summed E-state index contributed by atoms with van der Waals surface area (Å²) in [4.78, 5) is 28.6. The van der Waals surface area contributed by atoms with Gasteiger partial charge in [-0.25, -0.2) is 9.18 Å². The number of hydrogen-bond donors (Lipinski definition) is 1. The van der Waals surface area contributed by atoms with Crippen LogP contribution in [0.4, 0.5) is 14.9 Å². The molecule has 1 aromatic carbocycles. The number of benzene rings is 1. The van der Waals surface area contributed by atoms with Gasteiger partial charge in [0, 0.05) is 37.3 Å². The van der Waals surface area contributed by atoms with Gasteiger partial charge in [0.1, 0.15) is 23.2 Å². The number of amides is 2. The van der Waals surface area contributed by atoms with Crippen molar-refractivity contribution < 1.29 is 28.6 Å². The van der Waals surface area contributed by atoms with Gasteiger partial charge in [-0.2, -0.15) is 5.26 Å². The average Bonchev–Trinajstić information content (AvgIpc) is 2.89. The summed E-state index contributed by atoms with van der Waals surface area (Å²) in [5.74, 6) is -0.751. The normalized spacial score (nSPS) is 17.7. The predicted octanol–water partition coefficient (Wildman–Crippen LogP) is 2.34. The van der Waals surface area contributed by atoms with Crippen molar-refractivity contribution >= 4 is 17.7 Å². The van der Waals surface area contributed by atoms with Crippen LogP contribution in [0.2, 0.25) is 0 Å². The fourth-order valence-electron chi connectivity index (χ4n) is 4.11. The summed E-state index contributed by atoms with van der Waals surface area (Å²) in [5, 5.41) is 18.1. The summed E-state index contributed by atoms with van der Waals surface area (Å²) in [6.07, 6.45) is 0.0286. The van der Waals surface area contributed by atoms with Gasteiger partial charge in [0.15, 0.2) is 6.61 Å². The fraction of sp³-hybridized carbons (Fsp3) is 0.571. The first-order valence-electron chi connectivity index (χ1n) is 9.87. The van der Waals surface area contributed by atoms with Crippen molar-refractivity contribution in [3.05, 3.63) is 23.5 Å². The highest BCUT2D eigenvalue weighted by molar-refractivity contribution is 6.08. The Morgan fingerprint density at radius 1 is 1.33 bits per heavy atom. The van der Waals surface area contributed by atoms with Gasteiger partial charge in [-0.15, -0.1) is 0 Å². The van der Waals surface area contributed by atoms with E-state index in [0.29, 0.717) is 5.69 Å². The highest BCUT2D eigenvalue weighted by Gasteiger charge is 2.54. The largest absolute Gasteiger partial charge is 0.479 e. The average molecular weight is 419 g/mol. The van der Waals surface area contributed by atoms with Crippen molar-refractivity contribution in [2.45, 2.75) is 44.6 Å². The Balaban J connectivity index is 1.91. The van der Waals surface area contributed by atoms with Crippen molar-refractivity contribution in [3.63, 3.8) is 0 Å². The molecular formula is C21H26FN3O5. The number of halogens is 1. The van der Waals surface area contributed by atoms with Crippen molar-refractivity contribution in [1.82, 2.24) is 4.90 Å². The van der Waals surface area contributed by atoms with Gasteiger partial charge in [0.05, 0.1) is 17.7 Å². The van der Waals surface area contributed by atoms with Crippen LogP contribution in [0, 0.1) is 17.1 Å². The van der Waals surface area contributed by atoms with Crippen LogP contribution < -0.4 is 9.64 Å². The molecule has 162 valence electrons. The van der Waals surface area contributed by atoms with E-state index in [1.165, 1.54) is 21.9 Å². The molecule has 2 aliphatic heterocycles. The molecule has 30 heavy (non-hydrogen) atoms. The summed E-state index contributed by atoms with van der Waals surface area (Å²) < 4.78 is 25.8. The number of rotatable bonds is 4. The number of hydrogen-bond acceptors (Lipinski definition) is 6. The number of carbonyl (C=O) groups excluding carboxylic acids is 2. The molecule has 2 amide bonds. The SMILES string of the molecule is CC(C)(C)OC(=O)N1CCC2(CC1)C(=O)N(CCO)c1cc(OCC#N)cc(F)c12. The van der Waals surface area contributed by atoms with Crippen molar-refractivity contribution in [2.24, 2.45) is 0 Å². The maximum absolute atomic E-state index is 15.2. The molecule has 0 atom stereocenters. The zero-order chi connectivity index (χ0) is 22.1. The number of anilines is 1. The van der Waals surface area contributed by atoms with Crippen LogP contribution in [0.5, 0.6) is 5.75 Å². The maximum atomic E-state index is 15.2. The lowest BCUT2D eigenvalue weighted by Gasteiger charge is -2.38. The van der Waals surface area contributed by atoms with E-state index in [0.717, 1.165) is 0 Å². The third kappa shape index (κ3) is 3.92. The minimum absolute atomic E-state index is 0.0184. The predicted molar refractivity (Wildman–Crippen MR) is 106 cm³/mol. The van der Waals surface area contributed by atoms with E-state index in [-0.39, 0.29) is 62.9 Å². The maximum Gasteiger partial charge on any atom is 0.410 e. The van der Waals surface area contributed by atoms with Crippen LogP contribution in [0.1, 0.15) is 39.2 Å². The molecule has 1 spiro atoms. The van der Waals surface area contributed by atoms with Crippen molar-refractivity contribution in [1.29, 1.82) is 5.26 Å². The van der Waals surface area contributed by atoms with Crippen LogP contribution in [0.3, 0.4) is 0 Å². The number of likely N-dealkylation sites (tertiary alicyclic amines) is 1. The Hall–Kier alpha value is -2.86. The number of aliphatic hydroxyl groups excluding tert-OH is 1. The van der Waals surface area contributed by atoms with E-state index in [1.807, 2.05) is 6.07 Å². The monoisotopic (exact) mass is 419 g/mol. The van der Waals surface area contributed by atoms with Crippen LogP contribution in [0.15, 0.2) is 12.1 Å². The lowest BCUT2D eigenvalue weighted by Crippen LogP contribution is -2.51. The number of β-amino-alcohol motifs (C(OH)–C–C–N with tert-alkyl or cyclic N) is 1. The zero-order valence-corrected chi connectivity index (χ0v) is 17.4. The highest BCUT2D eigenvalue weighted by atomic mass is 19.1. The molecule has 0 saturated carbocycles. The number of nitrogens with zero attached hydrogens (tertiary/aromatic N) is 3. The van der Waals surface area contributed by atoms with Crippen molar-refractivity contribution in [3.8, 4) is 11.8 Å². The first kappa shape index (κ1) is 21.8. The Kier molecular flexibility index (Phi) is 5.90. The zero-order valence-electron chi connectivity index (χ0n) is 17.4. The molecule has 0 radical (unpaired) electrons. The molecule has 0 unspecified atom stereocenters. The second-order valence-corrected chi connectivity index (χ2v) is 8.48. The number of carbonyl (C=O) groups is 2. The van der Waals surface area contributed by atoms with E-state index in [9.17, 15) is 14.7 Å². The molecule has 1 fully saturated rings. The van der Waals surface area contributed by atoms with E-state index in [2.05, 4.69) is 0 Å². The molecule has 0 aliphatic carbocycles. The molecule has 9 heteroatoms. The van der Waals surface area contributed by atoms with E-state index < -0.39 is 22.9 Å². The Morgan fingerprint density at radius 3 is 2.57 bits per heavy atom. The highest BCUT2D eigenvalue weighted by Crippen LogP contribution is 2.50. The second kappa shape index (κ2) is 8.11. The van der Waals surface area contributed by atoms with Gasteiger partial charge in [-0.1, -0.05) is 0 Å².